The van der Waals surface area contributed by atoms with Gasteiger partial charge < -0.3 is 0 Å². The summed E-state index contributed by atoms with van der Waals surface area (Å²) < 4.78 is 0. The first-order valence-electron chi connectivity index (χ1n) is 6.15. The average molecular weight is 240 g/mol. The van der Waals surface area contributed by atoms with Gasteiger partial charge in [0.05, 0.1) is 22.8 Å². The number of hydrazone groups is 1. The van der Waals surface area contributed by atoms with E-state index < -0.39 is 0 Å². The van der Waals surface area contributed by atoms with Gasteiger partial charge in [0.1, 0.15) is 6.04 Å². The van der Waals surface area contributed by atoms with Crippen molar-refractivity contribution in [2.45, 2.75) is 33.0 Å². The number of hydrogen-bond acceptors (Lipinski definition) is 4. The predicted molar refractivity (Wildman–Crippen MR) is 75.8 cm³/mol. The maximum Gasteiger partial charge on any atom is 0.170 e. The molecule has 0 N–H and O–H groups in total. The third kappa shape index (κ3) is 1.65. The fourth-order valence-electron chi connectivity index (χ4n) is 2.31. The molecule has 0 aliphatic carbocycles. The molecule has 92 valence electrons. The van der Waals surface area contributed by atoms with Crippen LogP contribution in [0.5, 0.6) is 0 Å². The summed E-state index contributed by atoms with van der Waals surface area (Å²) >= 11 is 0. The van der Waals surface area contributed by atoms with E-state index in [4.69, 9.17) is 9.98 Å². The molecule has 0 saturated carbocycles. The molecule has 18 heavy (non-hydrogen) atoms. The van der Waals surface area contributed by atoms with Crippen molar-refractivity contribution in [3.63, 3.8) is 0 Å². The van der Waals surface area contributed by atoms with Gasteiger partial charge in [0, 0.05) is 0 Å². The Hall–Kier alpha value is -1.97. The summed E-state index contributed by atoms with van der Waals surface area (Å²) in [5.41, 5.74) is 4.11. The fraction of sp³-hybridized carbons (Fsp3) is 0.357. The Labute approximate surface area is 107 Å². The Kier molecular flexibility index (Phi) is 2.51. The molecule has 0 fully saturated rings. The third-order valence-corrected chi connectivity index (χ3v) is 3.43. The molecule has 2 aliphatic heterocycles. The molecule has 2 aliphatic rings. The number of nitrogens with zero attached hydrogens (tertiary/aromatic N) is 4. The first-order chi connectivity index (χ1) is 8.66. The molecule has 2 atom stereocenters. The highest BCUT2D eigenvalue weighted by Crippen LogP contribution is 2.29. The summed E-state index contributed by atoms with van der Waals surface area (Å²) in [6, 6.07) is 10.2. The lowest BCUT2D eigenvalue weighted by atomic mass is 10.1. The molecule has 1 aromatic rings. The number of fused-ring (bicyclic) bond motifs is 1. The number of hydrogen-bond donors (Lipinski definition) is 0. The van der Waals surface area contributed by atoms with E-state index in [9.17, 15) is 0 Å². The van der Waals surface area contributed by atoms with Gasteiger partial charge in [0.15, 0.2) is 6.17 Å². The number of rotatable bonds is 1. The summed E-state index contributed by atoms with van der Waals surface area (Å²) in [5, 5.41) is 6.58. The van der Waals surface area contributed by atoms with Crippen LogP contribution in [0.1, 0.15) is 20.8 Å². The molecule has 4 nitrogen and oxygen atoms in total. The van der Waals surface area contributed by atoms with E-state index in [1.807, 2.05) is 44.0 Å². The standard InChI is InChI=1S/C14H16N4/c1-9-10(2)16-14-13(15-9)11(3)17-18(14)12-7-5-4-6-8-12/h4-8,13-14H,1-3H3. The first kappa shape index (κ1) is 11.1. The van der Waals surface area contributed by atoms with Gasteiger partial charge in [-0.1, -0.05) is 18.2 Å². The lowest BCUT2D eigenvalue weighted by Crippen LogP contribution is -2.39. The Morgan fingerprint density at radius 3 is 2.33 bits per heavy atom. The topological polar surface area (TPSA) is 40.3 Å². The molecule has 0 radical (unpaired) electrons. The Bertz CT molecular complexity index is 556. The molecule has 1 aromatic carbocycles. The van der Waals surface area contributed by atoms with Gasteiger partial charge in [-0.05, 0) is 32.9 Å². The van der Waals surface area contributed by atoms with Crippen LogP contribution in [0, 0.1) is 0 Å². The number of anilines is 1. The Balaban J connectivity index is 2.01. The smallest absolute Gasteiger partial charge is 0.170 e. The molecule has 2 unspecified atom stereocenters. The van der Waals surface area contributed by atoms with Gasteiger partial charge in [-0.15, -0.1) is 0 Å². The van der Waals surface area contributed by atoms with Crippen molar-refractivity contribution in [2.75, 3.05) is 5.01 Å². The highest BCUT2D eigenvalue weighted by molar-refractivity contribution is 6.41. The zero-order valence-corrected chi connectivity index (χ0v) is 10.8. The van der Waals surface area contributed by atoms with Gasteiger partial charge in [0.25, 0.3) is 0 Å². The third-order valence-electron chi connectivity index (χ3n) is 3.43. The molecule has 0 amide bonds. The zero-order valence-electron chi connectivity index (χ0n) is 10.8. The number of benzene rings is 1. The van der Waals surface area contributed by atoms with Crippen LogP contribution in [-0.2, 0) is 0 Å². The average Bonchev–Trinajstić information content (AvgIpc) is 2.69. The number of aliphatic imine (C=N–C) groups is 2. The highest BCUT2D eigenvalue weighted by atomic mass is 15.5. The van der Waals surface area contributed by atoms with E-state index in [1.165, 1.54) is 0 Å². The summed E-state index contributed by atoms with van der Waals surface area (Å²) in [6.45, 7) is 6.03. The van der Waals surface area contributed by atoms with Gasteiger partial charge in [-0.25, -0.2) is 5.01 Å². The van der Waals surface area contributed by atoms with Gasteiger partial charge in [-0.2, -0.15) is 5.10 Å². The van der Waals surface area contributed by atoms with Crippen molar-refractivity contribution >= 4 is 22.8 Å². The molecular formula is C14H16N4. The Morgan fingerprint density at radius 2 is 1.61 bits per heavy atom. The molecule has 3 rings (SSSR count). The van der Waals surface area contributed by atoms with Crippen molar-refractivity contribution in [3.05, 3.63) is 30.3 Å². The molecule has 2 heterocycles. The van der Waals surface area contributed by atoms with Gasteiger partial charge in [-0.3, -0.25) is 9.98 Å². The molecule has 0 spiro atoms. The van der Waals surface area contributed by atoms with Crippen LogP contribution in [0.25, 0.3) is 0 Å². The second-order valence-corrected chi connectivity index (χ2v) is 4.71. The molecule has 0 saturated heterocycles. The monoisotopic (exact) mass is 240 g/mol. The van der Waals surface area contributed by atoms with Crippen LogP contribution in [0.3, 0.4) is 0 Å². The maximum absolute atomic E-state index is 4.73. The van der Waals surface area contributed by atoms with Crippen LogP contribution in [0.4, 0.5) is 5.69 Å². The minimum atomic E-state index is -0.0175. The summed E-state index contributed by atoms with van der Waals surface area (Å²) in [4.78, 5) is 9.43. The minimum absolute atomic E-state index is 0.0175. The van der Waals surface area contributed by atoms with Crippen LogP contribution in [-0.4, -0.2) is 29.3 Å². The van der Waals surface area contributed by atoms with E-state index >= 15 is 0 Å². The van der Waals surface area contributed by atoms with E-state index in [0.717, 1.165) is 22.8 Å². The SMILES string of the molecule is CC1=NC2C(C)=NN(c3ccccc3)C2N=C1C. The lowest BCUT2D eigenvalue weighted by molar-refractivity contribution is 0.626. The van der Waals surface area contributed by atoms with Gasteiger partial charge in [0.2, 0.25) is 0 Å². The quantitative estimate of drug-likeness (QED) is 0.743. The van der Waals surface area contributed by atoms with E-state index in [1.54, 1.807) is 0 Å². The predicted octanol–water partition coefficient (Wildman–Crippen LogP) is 2.51. The molecule has 4 heteroatoms. The highest BCUT2D eigenvalue weighted by Gasteiger charge is 2.37. The van der Waals surface area contributed by atoms with Crippen molar-refractivity contribution in [1.82, 2.24) is 0 Å². The first-order valence-corrected chi connectivity index (χ1v) is 6.15. The van der Waals surface area contributed by atoms with E-state index in [-0.39, 0.29) is 12.2 Å². The normalized spacial score (nSPS) is 26.4. The summed E-state index contributed by atoms with van der Waals surface area (Å²) in [7, 11) is 0. The summed E-state index contributed by atoms with van der Waals surface area (Å²) in [5.74, 6) is 0. The van der Waals surface area contributed by atoms with Crippen LogP contribution < -0.4 is 5.01 Å². The summed E-state index contributed by atoms with van der Waals surface area (Å²) in [6.07, 6.45) is -0.0175. The minimum Gasteiger partial charge on any atom is -0.274 e. The number of para-hydroxylation sites is 1. The van der Waals surface area contributed by atoms with E-state index in [2.05, 4.69) is 17.2 Å². The van der Waals surface area contributed by atoms with Crippen molar-refractivity contribution in [2.24, 2.45) is 15.1 Å². The van der Waals surface area contributed by atoms with Crippen LogP contribution in [0.2, 0.25) is 0 Å². The lowest BCUT2D eigenvalue weighted by Gasteiger charge is -2.26. The fourth-order valence-corrected chi connectivity index (χ4v) is 2.31. The van der Waals surface area contributed by atoms with Crippen molar-refractivity contribution in [3.8, 4) is 0 Å². The van der Waals surface area contributed by atoms with Crippen molar-refractivity contribution < 1.29 is 0 Å². The van der Waals surface area contributed by atoms with Crippen LogP contribution >= 0.6 is 0 Å². The molecule has 0 bridgehead atoms. The molecule has 0 aromatic heterocycles. The molecular weight excluding hydrogens is 224 g/mol. The Morgan fingerprint density at radius 1 is 0.944 bits per heavy atom. The second-order valence-electron chi connectivity index (χ2n) is 4.71. The second kappa shape index (κ2) is 4.05. The zero-order chi connectivity index (χ0) is 12.7. The van der Waals surface area contributed by atoms with E-state index in [0.29, 0.717) is 0 Å². The van der Waals surface area contributed by atoms with Crippen molar-refractivity contribution in [1.29, 1.82) is 0 Å². The van der Waals surface area contributed by atoms with Gasteiger partial charge >= 0.3 is 0 Å². The maximum atomic E-state index is 4.73. The largest absolute Gasteiger partial charge is 0.274 e. The van der Waals surface area contributed by atoms with Crippen LogP contribution in [0.15, 0.2) is 45.4 Å².